The molecule has 2 aliphatic rings. The highest BCUT2D eigenvalue weighted by molar-refractivity contribution is 5.97. The second-order valence-corrected chi connectivity index (χ2v) is 7.83. The first kappa shape index (κ1) is 18.7. The van der Waals surface area contributed by atoms with E-state index < -0.39 is 5.91 Å². The Kier molecular flexibility index (Phi) is 5.43. The van der Waals surface area contributed by atoms with Gasteiger partial charge in [0.05, 0.1) is 11.7 Å². The van der Waals surface area contributed by atoms with Gasteiger partial charge in [0.25, 0.3) is 5.91 Å². The highest BCUT2D eigenvalue weighted by Crippen LogP contribution is 2.25. The predicted octanol–water partition coefficient (Wildman–Crippen LogP) is 2.26. The lowest BCUT2D eigenvalue weighted by Gasteiger charge is -2.28. The van der Waals surface area contributed by atoms with E-state index in [0.717, 1.165) is 38.5 Å². The van der Waals surface area contributed by atoms with E-state index in [1.807, 2.05) is 0 Å². The second-order valence-electron chi connectivity index (χ2n) is 7.83. The molecule has 0 radical (unpaired) electrons. The number of hydrogen-bond acceptors (Lipinski definition) is 6. The van der Waals surface area contributed by atoms with Gasteiger partial charge in [-0.3, -0.25) is 4.79 Å². The zero-order chi connectivity index (χ0) is 19.5. The van der Waals surface area contributed by atoms with E-state index in [4.69, 9.17) is 5.73 Å². The van der Waals surface area contributed by atoms with Crippen LogP contribution in [0.4, 0.5) is 11.8 Å². The Morgan fingerprint density at radius 1 is 1.11 bits per heavy atom. The van der Waals surface area contributed by atoms with Gasteiger partial charge in [0.1, 0.15) is 5.82 Å². The molecule has 0 saturated heterocycles. The maximum Gasteiger partial charge on any atom is 0.254 e. The quantitative estimate of drug-likeness (QED) is 0.632. The number of nitrogens with zero attached hydrogens (tertiary/aromatic N) is 2. The minimum absolute atomic E-state index is 0.0751. The third-order valence-electron chi connectivity index (χ3n) is 5.72. The maximum atomic E-state index is 11.8. The molecule has 28 heavy (non-hydrogen) atoms. The molecule has 1 aromatic heterocycles. The first-order valence-electron chi connectivity index (χ1n) is 10.0. The summed E-state index contributed by atoms with van der Waals surface area (Å²) in [6.07, 6.45) is 7.47. The number of nitrogens with two attached hydrogens (primary N) is 1. The molecular formula is C21H27N5O2. The van der Waals surface area contributed by atoms with Gasteiger partial charge >= 0.3 is 0 Å². The van der Waals surface area contributed by atoms with Gasteiger partial charge in [-0.25, -0.2) is 4.98 Å². The average Bonchev–Trinajstić information content (AvgIpc) is 2.68. The monoisotopic (exact) mass is 381 g/mol. The average molecular weight is 381 g/mol. The molecular weight excluding hydrogens is 354 g/mol. The molecule has 7 heteroatoms. The van der Waals surface area contributed by atoms with E-state index >= 15 is 0 Å². The van der Waals surface area contributed by atoms with Crippen LogP contribution in [0.15, 0.2) is 30.5 Å². The summed E-state index contributed by atoms with van der Waals surface area (Å²) < 4.78 is 0. The summed E-state index contributed by atoms with van der Waals surface area (Å²) in [5, 5.41) is 16.6. The van der Waals surface area contributed by atoms with Crippen molar-refractivity contribution in [3.05, 3.63) is 47.2 Å². The fraction of sp³-hybridized carbons (Fsp3) is 0.476. The Morgan fingerprint density at radius 2 is 1.93 bits per heavy atom. The number of benzene rings is 1. The van der Waals surface area contributed by atoms with Gasteiger partial charge in [-0.15, -0.1) is 0 Å². The first-order valence-corrected chi connectivity index (χ1v) is 10.0. The van der Waals surface area contributed by atoms with Crippen LogP contribution >= 0.6 is 0 Å². The van der Waals surface area contributed by atoms with Crippen molar-refractivity contribution >= 4 is 17.7 Å². The van der Waals surface area contributed by atoms with E-state index in [9.17, 15) is 9.90 Å². The molecule has 3 atom stereocenters. The summed E-state index contributed by atoms with van der Waals surface area (Å²) in [5.74, 6) is 0.380. The van der Waals surface area contributed by atoms with E-state index in [2.05, 4.69) is 44.9 Å². The topological polar surface area (TPSA) is 113 Å². The molecule has 2 aromatic rings. The molecule has 1 heterocycles. The van der Waals surface area contributed by atoms with Crippen molar-refractivity contribution in [1.29, 1.82) is 0 Å². The molecule has 0 aliphatic heterocycles. The van der Waals surface area contributed by atoms with Gasteiger partial charge in [-0.05, 0) is 56.1 Å². The van der Waals surface area contributed by atoms with Gasteiger partial charge in [-0.1, -0.05) is 24.3 Å². The number of hydrogen-bond donors (Lipinski definition) is 4. The number of nitrogens with one attached hydrogen (secondary N) is 2. The summed E-state index contributed by atoms with van der Waals surface area (Å²) in [7, 11) is 0. The molecule has 1 fully saturated rings. The molecule has 2 aliphatic carbocycles. The molecule has 5 N–H and O–H groups in total. The number of rotatable bonds is 5. The van der Waals surface area contributed by atoms with Gasteiger partial charge in [0.15, 0.2) is 0 Å². The number of aromatic nitrogens is 2. The summed E-state index contributed by atoms with van der Waals surface area (Å²) in [4.78, 5) is 20.7. The van der Waals surface area contributed by atoms with Crippen molar-refractivity contribution in [2.75, 3.05) is 10.6 Å². The van der Waals surface area contributed by atoms with Crippen LogP contribution in [0.2, 0.25) is 0 Å². The SMILES string of the molecule is NC(=O)c1cnc(N[C@H]2CCc3ccccc3C2)nc1N[C@@H]1CCC[C@H](O)C1. The Balaban J connectivity index is 1.49. The Hall–Kier alpha value is -2.67. The normalized spacial score (nSPS) is 24.2. The number of primary amides is 1. The van der Waals surface area contributed by atoms with Crippen LogP contribution in [0.3, 0.4) is 0 Å². The zero-order valence-corrected chi connectivity index (χ0v) is 15.9. The Labute approximate surface area is 164 Å². The van der Waals surface area contributed by atoms with Crippen LogP contribution in [0.5, 0.6) is 0 Å². The number of aliphatic hydroxyl groups excluding tert-OH is 1. The number of carbonyl (C=O) groups is 1. The number of aryl methyl sites for hydroxylation is 1. The number of carbonyl (C=O) groups excluding carboxylic acids is 1. The summed E-state index contributed by atoms with van der Waals surface area (Å²) in [6.45, 7) is 0. The van der Waals surface area contributed by atoms with Crippen molar-refractivity contribution < 1.29 is 9.90 Å². The van der Waals surface area contributed by atoms with E-state index in [0.29, 0.717) is 18.2 Å². The zero-order valence-electron chi connectivity index (χ0n) is 15.9. The molecule has 0 bridgehead atoms. The fourth-order valence-electron chi connectivity index (χ4n) is 4.23. The Bertz CT molecular complexity index is 856. The van der Waals surface area contributed by atoms with Gasteiger partial charge in [0, 0.05) is 18.3 Å². The van der Waals surface area contributed by atoms with Crippen LogP contribution < -0.4 is 16.4 Å². The lowest BCUT2D eigenvalue weighted by Crippen LogP contribution is -2.32. The lowest BCUT2D eigenvalue weighted by atomic mass is 9.88. The molecule has 1 saturated carbocycles. The van der Waals surface area contributed by atoms with Crippen LogP contribution in [0, 0.1) is 0 Å². The van der Waals surface area contributed by atoms with E-state index in [-0.39, 0.29) is 23.8 Å². The van der Waals surface area contributed by atoms with Gasteiger partial charge in [0.2, 0.25) is 5.95 Å². The Morgan fingerprint density at radius 3 is 2.71 bits per heavy atom. The van der Waals surface area contributed by atoms with Crippen LogP contribution in [-0.4, -0.2) is 39.2 Å². The van der Waals surface area contributed by atoms with Crippen molar-refractivity contribution in [2.24, 2.45) is 5.73 Å². The molecule has 7 nitrogen and oxygen atoms in total. The second kappa shape index (κ2) is 8.14. The third kappa shape index (κ3) is 4.25. The minimum atomic E-state index is -0.558. The number of aliphatic hydroxyl groups is 1. The van der Waals surface area contributed by atoms with Gasteiger partial charge in [-0.2, -0.15) is 4.98 Å². The van der Waals surface area contributed by atoms with Crippen molar-refractivity contribution in [2.45, 2.75) is 63.1 Å². The summed E-state index contributed by atoms with van der Waals surface area (Å²) >= 11 is 0. The minimum Gasteiger partial charge on any atom is -0.393 e. The van der Waals surface area contributed by atoms with E-state index in [1.54, 1.807) is 0 Å². The molecule has 4 rings (SSSR count). The maximum absolute atomic E-state index is 11.8. The number of amides is 1. The van der Waals surface area contributed by atoms with Crippen molar-refractivity contribution in [3.63, 3.8) is 0 Å². The summed E-state index contributed by atoms with van der Waals surface area (Å²) in [5.41, 5.74) is 8.55. The number of anilines is 2. The molecule has 0 unspecified atom stereocenters. The molecule has 148 valence electrons. The molecule has 0 spiro atoms. The molecule has 1 amide bonds. The standard InChI is InChI=1S/C21H27N5O2/c22-19(28)18-12-23-21(26-20(18)24-15-6-3-7-17(27)11-15)25-16-9-8-13-4-1-2-5-14(13)10-16/h1-2,4-5,12,15-17,27H,3,6-11H2,(H2,22,28)(H2,23,24,25,26)/t15-,16+,17+/m1/s1. The largest absolute Gasteiger partial charge is 0.393 e. The molecule has 1 aromatic carbocycles. The van der Waals surface area contributed by atoms with Crippen LogP contribution in [-0.2, 0) is 12.8 Å². The van der Waals surface area contributed by atoms with E-state index in [1.165, 1.54) is 17.3 Å². The lowest BCUT2D eigenvalue weighted by molar-refractivity contribution is 0.100. The smallest absolute Gasteiger partial charge is 0.254 e. The van der Waals surface area contributed by atoms with Gasteiger partial charge < -0.3 is 21.5 Å². The highest BCUT2D eigenvalue weighted by atomic mass is 16.3. The van der Waals surface area contributed by atoms with Crippen molar-refractivity contribution in [1.82, 2.24) is 9.97 Å². The van der Waals surface area contributed by atoms with Crippen LogP contribution in [0.25, 0.3) is 0 Å². The first-order chi connectivity index (χ1) is 13.6. The highest BCUT2D eigenvalue weighted by Gasteiger charge is 2.24. The van der Waals surface area contributed by atoms with Crippen molar-refractivity contribution in [3.8, 4) is 0 Å². The summed E-state index contributed by atoms with van der Waals surface area (Å²) in [6, 6.07) is 8.83. The fourth-order valence-corrected chi connectivity index (χ4v) is 4.23. The predicted molar refractivity (Wildman–Crippen MR) is 108 cm³/mol. The third-order valence-corrected chi connectivity index (χ3v) is 5.72. The van der Waals surface area contributed by atoms with Crippen LogP contribution in [0.1, 0.15) is 53.6 Å². The number of fused-ring (bicyclic) bond motifs is 1.